The minimum absolute atomic E-state index is 0. The van der Waals surface area contributed by atoms with Gasteiger partial charge in [-0.15, -0.1) is 0 Å². The summed E-state index contributed by atoms with van der Waals surface area (Å²) in [6.07, 6.45) is 5.41. The summed E-state index contributed by atoms with van der Waals surface area (Å²) in [5.74, 6) is 0.393. The zero-order valence-electron chi connectivity index (χ0n) is 13.1. The Hall–Kier alpha value is -2.08. The van der Waals surface area contributed by atoms with Gasteiger partial charge in [0.1, 0.15) is 0 Å². The summed E-state index contributed by atoms with van der Waals surface area (Å²) in [7, 11) is 0. The van der Waals surface area contributed by atoms with Gasteiger partial charge in [0.15, 0.2) is 0 Å². The molecule has 0 radical (unpaired) electrons. The zero-order chi connectivity index (χ0) is 15.0. The molecule has 0 heteroatoms. The van der Waals surface area contributed by atoms with Gasteiger partial charge in [-0.2, -0.15) is 0 Å². The predicted octanol–water partition coefficient (Wildman–Crippen LogP) is 5.77. The molecule has 0 heterocycles. The van der Waals surface area contributed by atoms with Gasteiger partial charge in [-0.25, -0.2) is 0 Å². The quantitative estimate of drug-likeness (QED) is 0.653. The summed E-state index contributed by atoms with van der Waals surface area (Å²) in [5.41, 5.74) is 9.53. The normalized spacial score (nSPS) is 16.9. The van der Waals surface area contributed by atoms with Crippen molar-refractivity contribution >= 4 is 6.08 Å². The molecular weight excluding hydrogens is 252 g/mol. The van der Waals surface area contributed by atoms with Gasteiger partial charge in [-0.05, 0) is 60.6 Å². The van der Waals surface area contributed by atoms with Crippen LogP contribution in [0.4, 0.5) is 0 Å². The van der Waals surface area contributed by atoms with Gasteiger partial charge in [0.2, 0.25) is 0 Å². The highest BCUT2D eigenvalue weighted by Gasteiger charge is 2.21. The summed E-state index contributed by atoms with van der Waals surface area (Å²) >= 11 is 0. The molecule has 1 aliphatic rings. The second-order valence-corrected chi connectivity index (χ2v) is 6.17. The first-order valence-corrected chi connectivity index (χ1v) is 7.59. The van der Waals surface area contributed by atoms with Crippen molar-refractivity contribution in [2.45, 2.75) is 33.1 Å². The number of hydrogen-bond acceptors (Lipinski definition) is 0. The van der Waals surface area contributed by atoms with E-state index in [1.54, 1.807) is 0 Å². The summed E-state index contributed by atoms with van der Waals surface area (Å²) in [6, 6.07) is 13.3. The smallest absolute Gasteiger partial charge is 0.0130 e. The molecule has 0 nitrogen and oxygen atoms in total. The van der Waals surface area contributed by atoms with Crippen molar-refractivity contribution in [2.24, 2.45) is 0 Å². The average Bonchev–Trinajstić information content (AvgIpc) is 2.45. The van der Waals surface area contributed by atoms with Crippen LogP contribution < -0.4 is 0 Å². The fourth-order valence-corrected chi connectivity index (χ4v) is 3.28. The van der Waals surface area contributed by atoms with Crippen molar-refractivity contribution in [1.82, 2.24) is 0 Å². The van der Waals surface area contributed by atoms with Gasteiger partial charge >= 0.3 is 0 Å². The Labute approximate surface area is 129 Å². The van der Waals surface area contributed by atoms with Crippen LogP contribution in [0, 0.1) is 20.8 Å². The molecule has 2 aromatic carbocycles. The lowest BCUT2D eigenvalue weighted by molar-refractivity contribution is 0.789. The van der Waals surface area contributed by atoms with E-state index >= 15 is 0 Å². The van der Waals surface area contributed by atoms with E-state index in [1.807, 2.05) is 0 Å². The van der Waals surface area contributed by atoms with E-state index in [0.717, 1.165) is 6.42 Å². The molecule has 1 aliphatic carbocycles. The maximum Gasteiger partial charge on any atom is 0.0130 e. The molecule has 108 valence electrons. The third-order valence-corrected chi connectivity index (χ3v) is 4.59. The molecule has 0 saturated carbocycles. The fraction of sp³-hybridized carbons (Fsp3) is 0.238. The van der Waals surface area contributed by atoms with Gasteiger partial charge in [0.25, 0.3) is 0 Å². The van der Waals surface area contributed by atoms with Crippen LogP contribution in [0.25, 0.3) is 6.08 Å². The molecule has 0 aliphatic heterocycles. The highest BCUT2D eigenvalue weighted by molar-refractivity contribution is 5.64. The van der Waals surface area contributed by atoms with Crippen LogP contribution in [0.5, 0.6) is 0 Å². The summed E-state index contributed by atoms with van der Waals surface area (Å²) in [6.45, 7) is 10.9. The Bertz CT molecular complexity index is 717. The van der Waals surface area contributed by atoms with E-state index in [4.69, 9.17) is 0 Å². The van der Waals surface area contributed by atoms with Gasteiger partial charge in [0.05, 0.1) is 0 Å². The number of hydrogen-bond donors (Lipinski definition) is 0. The van der Waals surface area contributed by atoms with Crippen LogP contribution in [-0.4, -0.2) is 0 Å². The lowest BCUT2D eigenvalue weighted by Gasteiger charge is -2.26. The maximum atomic E-state index is 4.29. The number of aryl methyl sites for hydroxylation is 3. The molecular formula is C21H24. The minimum Gasteiger partial charge on any atom is -0.0952 e. The Morgan fingerprint density at radius 1 is 1.00 bits per heavy atom. The molecule has 0 bridgehead atoms. The van der Waals surface area contributed by atoms with Crippen LogP contribution in [-0.2, 0) is 6.42 Å². The molecule has 3 rings (SSSR count). The van der Waals surface area contributed by atoms with Crippen LogP contribution >= 0.6 is 0 Å². The average molecular weight is 276 g/mol. The molecule has 0 amide bonds. The second-order valence-electron chi connectivity index (χ2n) is 6.17. The molecule has 0 fully saturated rings. The number of allylic oxidation sites excluding steroid dienone is 2. The van der Waals surface area contributed by atoms with Crippen molar-refractivity contribution in [3.8, 4) is 0 Å². The molecule has 0 aromatic heterocycles. The standard InChI is InChI=1S/C21H22.H2/c1-14-8-10-18-11-9-17(4)20(21(18)12-14)13-19-15(2)6-5-7-16(19)3;/h5-12,20H,4,13H2,1-3H3;1H. The van der Waals surface area contributed by atoms with Crippen LogP contribution in [0.2, 0.25) is 0 Å². The van der Waals surface area contributed by atoms with Crippen LogP contribution in [0.1, 0.15) is 40.7 Å². The lowest BCUT2D eigenvalue weighted by atomic mass is 9.78. The van der Waals surface area contributed by atoms with Crippen molar-refractivity contribution in [2.75, 3.05) is 0 Å². The van der Waals surface area contributed by atoms with Crippen molar-refractivity contribution in [3.63, 3.8) is 0 Å². The molecule has 1 atom stereocenters. The number of fused-ring (bicyclic) bond motifs is 1. The monoisotopic (exact) mass is 276 g/mol. The highest BCUT2D eigenvalue weighted by atomic mass is 14.3. The topological polar surface area (TPSA) is 0 Å². The molecule has 0 saturated heterocycles. The van der Waals surface area contributed by atoms with Crippen molar-refractivity contribution in [1.29, 1.82) is 0 Å². The Morgan fingerprint density at radius 2 is 1.71 bits per heavy atom. The number of benzene rings is 2. The first kappa shape index (κ1) is 13.9. The minimum atomic E-state index is 0. The molecule has 2 aromatic rings. The first-order chi connectivity index (χ1) is 10.1. The first-order valence-electron chi connectivity index (χ1n) is 7.59. The highest BCUT2D eigenvalue weighted by Crippen LogP contribution is 2.37. The van der Waals surface area contributed by atoms with E-state index in [9.17, 15) is 0 Å². The van der Waals surface area contributed by atoms with E-state index in [1.165, 1.54) is 39.0 Å². The molecule has 0 spiro atoms. The fourth-order valence-electron chi connectivity index (χ4n) is 3.28. The molecule has 1 unspecified atom stereocenters. The maximum absolute atomic E-state index is 4.29. The molecule has 21 heavy (non-hydrogen) atoms. The van der Waals surface area contributed by atoms with Crippen molar-refractivity contribution < 1.29 is 1.43 Å². The van der Waals surface area contributed by atoms with E-state index in [2.05, 4.69) is 75.9 Å². The third kappa shape index (κ3) is 2.58. The van der Waals surface area contributed by atoms with E-state index < -0.39 is 0 Å². The third-order valence-electron chi connectivity index (χ3n) is 4.59. The van der Waals surface area contributed by atoms with Gasteiger partial charge in [0, 0.05) is 7.34 Å². The van der Waals surface area contributed by atoms with Crippen molar-refractivity contribution in [3.05, 3.63) is 88.0 Å². The summed E-state index contributed by atoms with van der Waals surface area (Å²) in [5, 5.41) is 0. The predicted molar refractivity (Wildman–Crippen MR) is 93.8 cm³/mol. The van der Waals surface area contributed by atoms with Gasteiger partial charge < -0.3 is 0 Å². The SMILES string of the molecule is C=C1C=Cc2ccc(C)cc2C1Cc1c(C)cccc1C.[HH]. The second kappa shape index (κ2) is 5.37. The van der Waals surface area contributed by atoms with E-state index in [-0.39, 0.29) is 1.43 Å². The molecule has 0 N–H and O–H groups in total. The number of rotatable bonds is 2. The summed E-state index contributed by atoms with van der Waals surface area (Å²) < 4.78 is 0. The van der Waals surface area contributed by atoms with Gasteiger partial charge in [-0.3, -0.25) is 0 Å². The Balaban J connectivity index is 0.00000176. The Kier molecular flexibility index (Phi) is 3.55. The van der Waals surface area contributed by atoms with E-state index in [0.29, 0.717) is 5.92 Å². The summed E-state index contributed by atoms with van der Waals surface area (Å²) in [4.78, 5) is 0. The van der Waals surface area contributed by atoms with Gasteiger partial charge in [-0.1, -0.05) is 60.7 Å². The Morgan fingerprint density at radius 3 is 2.43 bits per heavy atom. The van der Waals surface area contributed by atoms with Crippen LogP contribution in [0.3, 0.4) is 0 Å². The zero-order valence-corrected chi connectivity index (χ0v) is 13.1. The van der Waals surface area contributed by atoms with Crippen LogP contribution in [0.15, 0.2) is 54.6 Å². The largest absolute Gasteiger partial charge is 0.0952 e. The lowest BCUT2D eigenvalue weighted by Crippen LogP contribution is -2.11.